The van der Waals surface area contributed by atoms with Crippen molar-refractivity contribution in [2.75, 3.05) is 0 Å². The number of fused-ring (bicyclic) bond motifs is 1. The van der Waals surface area contributed by atoms with Gasteiger partial charge in [-0.15, -0.1) is 0 Å². The van der Waals surface area contributed by atoms with E-state index in [0.717, 1.165) is 17.0 Å². The Morgan fingerprint density at radius 3 is 2.69 bits per heavy atom. The molecule has 2 amide bonds. The molecule has 2 heterocycles. The fraction of sp³-hybridized carbons (Fsp3) is 0.375. The van der Waals surface area contributed by atoms with Crippen molar-refractivity contribution in [3.8, 4) is 0 Å². The summed E-state index contributed by atoms with van der Waals surface area (Å²) in [5, 5.41) is 8.42. The summed E-state index contributed by atoms with van der Waals surface area (Å²) >= 11 is 0. The van der Waals surface area contributed by atoms with Crippen LogP contribution in [0.1, 0.15) is 13.8 Å². The van der Waals surface area contributed by atoms with Gasteiger partial charge < -0.3 is 16.4 Å². The molecule has 2 aliphatic rings. The molecule has 0 aromatic carbocycles. The topological polar surface area (TPSA) is 79.2 Å². The highest BCUT2D eigenvalue weighted by atomic mass is 16.2. The smallest absolute Gasteiger partial charge is 0.321 e. The zero-order valence-corrected chi connectivity index (χ0v) is 7.56. The molecule has 0 saturated carbocycles. The van der Waals surface area contributed by atoms with Crippen molar-refractivity contribution in [3.63, 3.8) is 0 Å². The maximum atomic E-state index is 11.1. The molecular weight excluding hydrogens is 168 g/mol. The number of carbonyl (C=O) groups excluding carboxylic acids is 1. The normalized spacial score (nSPS) is 26.6. The molecule has 5 heteroatoms. The van der Waals surface area contributed by atoms with Gasteiger partial charge in [0.2, 0.25) is 0 Å². The van der Waals surface area contributed by atoms with Gasteiger partial charge in [-0.3, -0.25) is 5.32 Å². The fourth-order valence-corrected chi connectivity index (χ4v) is 1.57. The Kier molecular flexibility index (Phi) is 1.48. The van der Waals surface area contributed by atoms with Crippen LogP contribution in [0.25, 0.3) is 0 Å². The molecule has 0 aromatic rings. The van der Waals surface area contributed by atoms with Crippen LogP contribution in [0.2, 0.25) is 0 Å². The molecule has 0 aromatic heterocycles. The van der Waals surface area contributed by atoms with Crippen LogP contribution in [0, 0.1) is 0 Å². The molecule has 1 atom stereocenters. The first-order valence-corrected chi connectivity index (χ1v) is 4.11. The number of amides is 2. The first-order chi connectivity index (χ1) is 6.09. The van der Waals surface area contributed by atoms with E-state index in [2.05, 4.69) is 16.0 Å². The lowest BCUT2D eigenvalue weighted by Crippen LogP contribution is -2.51. The predicted octanol–water partition coefficient (Wildman–Crippen LogP) is -0.307. The van der Waals surface area contributed by atoms with Gasteiger partial charge in [-0.25, -0.2) is 4.79 Å². The Morgan fingerprint density at radius 1 is 1.31 bits per heavy atom. The number of rotatable bonds is 0. The van der Waals surface area contributed by atoms with Gasteiger partial charge >= 0.3 is 6.03 Å². The van der Waals surface area contributed by atoms with Gasteiger partial charge in [0.15, 0.2) is 0 Å². The number of carbonyl (C=O) groups is 1. The van der Waals surface area contributed by atoms with E-state index >= 15 is 0 Å². The number of urea groups is 1. The third-order valence-electron chi connectivity index (χ3n) is 2.45. The van der Waals surface area contributed by atoms with Crippen LogP contribution in [-0.2, 0) is 0 Å². The lowest BCUT2D eigenvalue weighted by Gasteiger charge is -2.23. The lowest BCUT2D eigenvalue weighted by molar-refractivity contribution is 0.239. The van der Waals surface area contributed by atoms with Gasteiger partial charge in [0.05, 0.1) is 11.7 Å². The van der Waals surface area contributed by atoms with Crippen LogP contribution in [0.4, 0.5) is 4.79 Å². The third kappa shape index (κ3) is 1.04. The Hall–Kier alpha value is -1.65. The lowest BCUT2D eigenvalue weighted by atomic mass is 10.1. The van der Waals surface area contributed by atoms with Gasteiger partial charge in [-0.2, -0.15) is 0 Å². The van der Waals surface area contributed by atoms with Crippen molar-refractivity contribution in [1.82, 2.24) is 16.0 Å². The van der Waals surface area contributed by atoms with E-state index in [1.54, 1.807) is 0 Å². The molecule has 5 N–H and O–H groups in total. The number of hydrogen-bond acceptors (Lipinski definition) is 3. The first-order valence-electron chi connectivity index (χ1n) is 4.11. The molecule has 0 aliphatic carbocycles. The summed E-state index contributed by atoms with van der Waals surface area (Å²) in [6.07, 6.45) is 0. The average Bonchev–Trinajstić information content (AvgIpc) is 2.32. The molecule has 5 nitrogen and oxygen atoms in total. The van der Waals surface area contributed by atoms with Gasteiger partial charge in [-0.1, -0.05) is 0 Å². The molecule has 0 bridgehead atoms. The van der Waals surface area contributed by atoms with E-state index < -0.39 is 0 Å². The van der Waals surface area contributed by atoms with Gasteiger partial charge in [-0.05, 0) is 19.4 Å². The van der Waals surface area contributed by atoms with Crippen molar-refractivity contribution in [1.29, 1.82) is 0 Å². The molecule has 2 rings (SSSR count). The second-order valence-electron chi connectivity index (χ2n) is 3.29. The molecule has 0 radical (unpaired) electrons. The van der Waals surface area contributed by atoms with E-state index in [0.29, 0.717) is 5.82 Å². The van der Waals surface area contributed by atoms with Crippen molar-refractivity contribution < 1.29 is 4.79 Å². The van der Waals surface area contributed by atoms with E-state index in [-0.39, 0.29) is 12.1 Å². The monoisotopic (exact) mass is 180 g/mol. The molecule has 2 aliphatic heterocycles. The Bertz CT molecular complexity index is 342. The maximum Gasteiger partial charge on any atom is 0.321 e. The standard InChI is InChI=1S/C8H12N4O/c1-3-4(2)10-6-5(3)11-8(13)12-7(6)9/h5,10H,9H2,1-2H3,(H2,11,12,13). The van der Waals surface area contributed by atoms with Crippen LogP contribution in [0.15, 0.2) is 22.8 Å². The van der Waals surface area contributed by atoms with Crippen molar-refractivity contribution >= 4 is 6.03 Å². The molecule has 0 spiro atoms. The summed E-state index contributed by atoms with van der Waals surface area (Å²) in [6.45, 7) is 3.93. The highest BCUT2D eigenvalue weighted by Crippen LogP contribution is 2.23. The van der Waals surface area contributed by atoms with E-state index in [1.165, 1.54) is 0 Å². The molecule has 13 heavy (non-hydrogen) atoms. The zero-order chi connectivity index (χ0) is 9.59. The largest absolute Gasteiger partial charge is 0.384 e. The molecular formula is C8H12N4O. The Balaban J connectivity index is 2.41. The van der Waals surface area contributed by atoms with E-state index in [9.17, 15) is 4.79 Å². The van der Waals surface area contributed by atoms with Gasteiger partial charge in [0.1, 0.15) is 5.82 Å². The van der Waals surface area contributed by atoms with Gasteiger partial charge in [0, 0.05) is 5.70 Å². The molecule has 1 unspecified atom stereocenters. The summed E-state index contributed by atoms with van der Waals surface area (Å²) in [7, 11) is 0. The zero-order valence-electron chi connectivity index (χ0n) is 7.56. The highest BCUT2D eigenvalue weighted by molar-refractivity contribution is 5.79. The van der Waals surface area contributed by atoms with Crippen LogP contribution in [0.5, 0.6) is 0 Å². The molecule has 0 fully saturated rings. The van der Waals surface area contributed by atoms with Crippen molar-refractivity contribution in [2.45, 2.75) is 19.9 Å². The maximum absolute atomic E-state index is 11.1. The van der Waals surface area contributed by atoms with Crippen LogP contribution < -0.4 is 21.7 Å². The fourth-order valence-electron chi connectivity index (χ4n) is 1.57. The van der Waals surface area contributed by atoms with E-state index in [1.807, 2.05) is 13.8 Å². The summed E-state index contributed by atoms with van der Waals surface area (Å²) < 4.78 is 0. The predicted molar refractivity (Wildman–Crippen MR) is 48.2 cm³/mol. The molecule has 0 saturated heterocycles. The Labute approximate surface area is 76.1 Å². The number of nitrogens with one attached hydrogen (secondary N) is 3. The van der Waals surface area contributed by atoms with Gasteiger partial charge in [0.25, 0.3) is 0 Å². The second kappa shape index (κ2) is 2.42. The first kappa shape index (κ1) is 7.97. The van der Waals surface area contributed by atoms with Crippen molar-refractivity contribution in [2.24, 2.45) is 5.73 Å². The second-order valence-corrected chi connectivity index (χ2v) is 3.29. The molecule has 70 valence electrons. The van der Waals surface area contributed by atoms with Crippen molar-refractivity contribution in [3.05, 3.63) is 22.8 Å². The van der Waals surface area contributed by atoms with Crippen LogP contribution in [0.3, 0.4) is 0 Å². The summed E-state index contributed by atoms with van der Waals surface area (Å²) in [4.78, 5) is 11.1. The minimum atomic E-state index is -0.248. The SMILES string of the molecule is CC1=C(C)C2NC(=O)NC(N)=C2N1. The minimum absolute atomic E-state index is 0.0752. The quantitative estimate of drug-likeness (QED) is 0.413. The Morgan fingerprint density at radius 2 is 2.00 bits per heavy atom. The summed E-state index contributed by atoms with van der Waals surface area (Å²) in [5.41, 5.74) is 8.65. The number of allylic oxidation sites excluding steroid dienone is 1. The average molecular weight is 180 g/mol. The third-order valence-corrected chi connectivity index (χ3v) is 2.45. The van der Waals surface area contributed by atoms with E-state index in [4.69, 9.17) is 5.73 Å². The van der Waals surface area contributed by atoms with Crippen LogP contribution >= 0.6 is 0 Å². The summed E-state index contributed by atoms with van der Waals surface area (Å²) in [6, 6.07) is -0.323. The highest BCUT2D eigenvalue weighted by Gasteiger charge is 2.32. The minimum Gasteiger partial charge on any atom is -0.384 e. The summed E-state index contributed by atoms with van der Waals surface area (Å²) in [5.74, 6) is 0.407. The number of hydrogen-bond donors (Lipinski definition) is 4. The van der Waals surface area contributed by atoms with Crippen LogP contribution in [-0.4, -0.2) is 12.1 Å². The number of nitrogens with two attached hydrogens (primary N) is 1.